The number of hydrogen-bond donors (Lipinski definition) is 3. The van der Waals surface area contributed by atoms with E-state index in [1.54, 1.807) is 31.2 Å². The number of phenols is 1. The van der Waals surface area contributed by atoms with Crippen LogP contribution < -0.4 is 10.2 Å². The molecule has 0 saturated carbocycles. The number of aromatic nitrogens is 2. The highest BCUT2D eigenvalue weighted by molar-refractivity contribution is 6.33. The van der Waals surface area contributed by atoms with Crippen LogP contribution in [0.25, 0.3) is 44.7 Å². The number of phenolic OH excluding ortho intramolecular Hbond substituents is 1. The number of nitrogens with one attached hydrogen (secondary N) is 1. The third kappa shape index (κ3) is 5.16. The molecule has 2 unspecified atom stereocenters. The molecule has 3 heterocycles. The summed E-state index contributed by atoms with van der Waals surface area (Å²) in [6, 6.07) is 21.1. The van der Waals surface area contributed by atoms with E-state index in [9.17, 15) is 10.2 Å². The zero-order chi connectivity index (χ0) is 30.5. The van der Waals surface area contributed by atoms with E-state index in [1.165, 1.54) is 6.08 Å². The molecule has 2 aliphatic heterocycles. The number of fused-ring (bicyclic) bond motifs is 4. The SMILES string of the molecule is C/C(=C\C(O)=C/c1ccccc1C)c1c(Cl)cc2c(N3CC4CCC(C3)N4)nc(-c3cc(O)cc4ccccc34)nc2c1F. The first kappa shape index (κ1) is 28.3. The monoisotopic (exact) mass is 606 g/mol. The van der Waals surface area contributed by atoms with Gasteiger partial charge >= 0.3 is 0 Å². The van der Waals surface area contributed by atoms with Gasteiger partial charge in [-0.25, -0.2) is 14.4 Å². The Kier molecular flexibility index (Phi) is 7.23. The number of anilines is 1. The standard InChI is InChI=1S/C36H32ClFN4O2/c1-20-7-3-4-8-22(20)14-26(43)13-21(2)32-31(37)17-30-34(33(32)38)40-35(29-16-27(44)15-23-9-5-6-10-28(23)29)41-36(30)42-18-24-11-12-25(19-42)39-24/h3-10,13-17,24-25,39,43-44H,11-12,18-19H2,1-2H3/b21-13+,26-14+. The summed E-state index contributed by atoms with van der Waals surface area (Å²) in [5.41, 5.74) is 3.26. The molecule has 0 aliphatic carbocycles. The van der Waals surface area contributed by atoms with E-state index in [1.807, 2.05) is 55.5 Å². The Hall–Kier alpha value is -4.46. The zero-order valence-electron chi connectivity index (χ0n) is 24.5. The fourth-order valence-electron chi connectivity index (χ4n) is 6.60. The maximum atomic E-state index is 16.7. The predicted molar refractivity (Wildman–Crippen MR) is 177 cm³/mol. The summed E-state index contributed by atoms with van der Waals surface area (Å²) in [6.07, 6.45) is 5.33. The lowest BCUT2D eigenvalue weighted by Gasteiger charge is -2.34. The molecule has 8 heteroatoms. The Morgan fingerprint density at radius 1 is 1.00 bits per heavy atom. The summed E-state index contributed by atoms with van der Waals surface area (Å²) in [5.74, 6) is 0.418. The molecule has 2 fully saturated rings. The van der Waals surface area contributed by atoms with Crippen LogP contribution in [0.2, 0.25) is 5.02 Å². The maximum absolute atomic E-state index is 16.7. The number of benzene rings is 4. The summed E-state index contributed by atoms with van der Waals surface area (Å²) in [5, 5.41) is 27.5. The molecule has 1 aromatic heterocycles. The van der Waals surface area contributed by atoms with Crippen LogP contribution in [0.1, 0.15) is 36.5 Å². The van der Waals surface area contributed by atoms with Gasteiger partial charge in [0.1, 0.15) is 22.8 Å². The van der Waals surface area contributed by atoms with Gasteiger partial charge in [0.2, 0.25) is 0 Å². The third-order valence-corrected chi connectivity index (χ3v) is 9.02. The summed E-state index contributed by atoms with van der Waals surface area (Å²) < 4.78 is 16.7. The van der Waals surface area contributed by atoms with Gasteiger partial charge in [-0.05, 0) is 84.5 Å². The van der Waals surface area contributed by atoms with E-state index < -0.39 is 5.82 Å². The Balaban J connectivity index is 1.42. The first-order chi connectivity index (χ1) is 21.2. The number of halogens is 2. The van der Waals surface area contributed by atoms with Crippen molar-refractivity contribution in [3.05, 3.63) is 106 Å². The van der Waals surface area contributed by atoms with Crippen molar-refractivity contribution in [3.63, 3.8) is 0 Å². The van der Waals surface area contributed by atoms with E-state index in [0.29, 0.717) is 40.2 Å². The van der Waals surface area contributed by atoms with E-state index in [0.717, 1.165) is 47.8 Å². The zero-order valence-corrected chi connectivity index (χ0v) is 25.2. The molecule has 4 aromatic carbocycles. The molecular formula is C36H32ClFN4O2. The second-order valence-corrected chi connectivity index (χ2v) is 12.2. The summed E-state index contributed by atoms with van der Waals surface area (Å²) in [7, 11) is 0. The highest BCUT2D eigenvalue weighted by Crippen LogP contribution is 2.40. The number of aromatic hydroxyl groups is 1. The van der Waals surface area contributed by atoms with Gasteiger partial charge in [-0.15, -0.1) is 0 Å². The smallest absolute Gasteiger partial charge is 0.163 e. The van der Waals surface area contributed by atoms with Crippen molar-refractivity contribution < 1.29 is 14.6 Å². The van der Waals surface area contributed by atoms with Crippen molar-refractivity contribution in [1.82, 2.24) is 15.3 Å². The van der Waals surface area contributed by atoms with Gasteiger partial charge in [0.05, 0.1) is 5.02 Å². The van der Waals surface area contributed by atoms with Gasteiger partial charge in [0.25, 0.3) is 0 Å². The van der Waals surface area contributed by atoms with Gasteiger partial charge in [-0.2, -0.15) is 0 Å². The minimum Gasteiger partial charge on any atom is -0.508 e. The first-order valence-corrected chi connectivity index (χ1v) is 15.2. The molecule has 0 spiro atoms. The van der Waals surface area contributed by atoms with Crippen molar-refractivity contribution in [2.75, 3.05) is 18.0 Å². The molecule has 3 N–H and O–H groups in total. The fourth-order valence-corrected chi connectivity index (χ4v) is 6.94. The molecule has 0 radical (unpaired) electrons. The Morgan fingerprint density at radius 2 is 1.73 bits per heavy atom. The lowest BCUT2D eigenvalue weighted by Crippen LogP contribution is -2.51. The minimum absolute atomic E-state index is 0.0149. The van der Waals surface area contributed by atoms with Gasteiger partial charge in [-0.1, -0.05) is 60.1 Å². The molecule has 0 amide bonds. The van der Waals surface area contributed by atoms with E-state index in [-0.39, 0.29) is 27.6 Å². The molecule has 2 bridgehead atoms. The summed E-state index contributed by atoms with van der Waals surface area (Å²) >= 11 is 6.81. The van der Waals surface area contributed by atoms with Crippen molar-refractivity contribution >= 4 is 50.7 Å². The van der Waals surface area contributed by atoms with Crippen molar-refractivity contribution in [1.29, 1.82) is 0 Å². The lowest BCUT2D eigenvalue weighted by atomic mass is 10.0. The van der Waals surface area contributed by atoms with Crippen LogP contribution in [0.3, 0.4) is 0 Å². The molecular weight excluding hydrogens is 575 g/mol. The number of aliphatic hydroxyl groups is 1. The number of aliphatic hydroxyl groups excluding tert-OH is 1. The molecule has 2 saturated heterocycles. The summed E-state index contributed by atoms with van der Waals surface area (Å²) in [4.78, 5) is 12.0. The number of piperazine rings is 1. The molecule has 6 nitrogen and oxygen atoms in total. The number of nitrogens with zero attached hydrogens (tertiary/aromatic N) is 3. The predicted octanol–water partition coefficient (Wildman–Crippen LogP) is 8.20. The van der Waals surface area contributed by atoms with Gasteiger partial charge in [-0.3, -0.25) is 0 Å². The van der Waals surface area contributed by atoms with Gasteiger partial charge < -0.3 is 20.4 Å². The number of aryl methyl sites for hydroxylation is 1. The van der Waals surface area contributed by atoms with Crippen LogP contribution in [-0.2, 0) is 0 Å². The molecule has 2 aliphatic rings. The Bertz CT molecular complexity index is 1990. The first-order valence-electron chi connectivity index (χ1n) is 14.8. The molecule has 2 atom stereocenters. The molecule has 222 valence electrons. The molecule has 5 aromatic rings. The highest BCUT2D eigenvalue weighted by atomic mass is 35.5. The maximum Gasteiger partial charge on any atom is 0.163 e. The second kappa shape index (κ2) is 11.2. The molecule has 7 rings (SSSR count). The van der Waals surface area contributed by atoms with Crippen molar-refractivity contribution in [2.45, 2.75) is 38.8 Å². The van der Waals surface area contributed by atoms with Crippen LogP contribution in [0.5, 0.6) is 5.75 Å². The van der Waals surface area contributed by atoms with Crippen LogP contribution in [0, 0.1) is 12.7 Å². The fraction of sp³-hybridized carbons (Fsp3) is 0.222. The highest BCUT2D eigenvalue weighted by Gasteiger charge is 2.34. The number of rotatable bonds is 5. The van der Waals surface area contributed by atoms with Crippen LogP contribution >= 0.6 is 11.6 Å². The van der Waals surface area contributed by atoms with E-state index >= 15 is 4.39 Å². The van der Waals surface area contributed by atoms with E-state index in [4.69, 9.17) is 21.6 Å². The normalized spacial score (nSPS) is 18.9. The molecule has 44 heavy (non-hydrogen) atoms. The van der Waals surface area contributed by atoms with Crippen molar-refractivity contribution in [2.24, 2.45) is 0 Å². The number of allylic oxidation sites excluding steroid dienone is 2. The number of hydrogen-bond acceptors (Lipinski definition) is 6. The average molecular weight is 607 g/mol. The van der Waals surface area contributed by atoms with Gasteiger partial charge in [0.15, 0.2) is 11.6 Å². The summed E-state index contributed by atoms with van der Waals surface area (Å²) in [6.45, 7) is 5.16. The minimum atomic E-state index is -0.586. The second-order valence-electron chi connectivity index (χ2n) is 11.8. The van der Waals surface area contributed by atoms with Crippen molar-refractivity contribution in [3.8, 4) is 17.1 Å². The van der Waals surface area contributed by atoms with Crippen LogP contribution in [0.15, 0.2) is 78.6 Å². The lowest BCUT2D eigenvalue weighted by molar-refractivity contribution is 0.438. The Labute approximate surface area is 260 Å². The third-order valence-electron chi connectivity index (χ3n) is 8.72. The Morgan fingerprint density at radius 3 is 2.50 bits per heavy atom. The van der Waals surface area contributed by atoms with Gasteiger partial charge in [0, 0.05) is 41.7 Å². The topological polar surface area (TPSA) is 81.5 Å². The van der Waals surface area contributed by atoms with E-state index in [2.05, 4.69) is 10.2 Å². The quantitative estimate of drug-likeness (QED) is 0.138. The largest absolute Gasteiger partial charge is 0.508 e. The average Bonchev–Trinajstić information content (AvgIpc) is 3.34. The van der Waals surface area contributed by atoms with Crippen LogP contribution in [0.4, 0.5) is 10.2 Å². The van der Waals surface area contributed by atoms with Crippen LogP contribution in [-0.4, -0.2) is 45.4 Å².